The molecule has 2 aromatic heterocycles. The zero-order valence-electron chi connectivity index (χ0n) is 11.1. The Bertz CT molecular complexity index is 548. The van der Waals surface area contributed by atoms with Crippen LogP contribution in [0.2, 0.25) is 0 Å². The molecule has 4 nitrogen and oxygen atoms in total. The van der Waals surface area contributed by atoms with Crippen LogP contribution in [0, 0.1) is 6.92 Å². The summed E-state index contributed by atoms with van der Waals surface area (Å²) < 4.78 is 0. The van der Waals surface area contributed by atoms with Crippen LogP contribution in [0.15, 0.2) is 24.5 Å². The maximum atomic E-state index is 11.9. The van der Waals surface area contributed by atoms with Gasteiger partial charge in [0.15, 0.2) is 5.13 Å². The summed E-state index contributed by atoms with van der Waals surface area (Å²) in [7, 11) is 0. The summed E-state index contributed by atoms with van der Waals surface area (Å²) in [5.74, 6) is -0.0527. The summed E-state index contributed by atoms with van der Waals surface area (Å²) in [4.78, 5) is 21.4. The molecule has 0 fully saturated rings. The normalized spacial score (nSPS) is 10.4. The van der Waals surface area contributed by atoms with Crippen LogP contribution in [0.5, 0.6) is 0 Å². The summed E-state index contributed by atoms with van der Waals surface area (Å²) >= 11 is 1.54. The van der Waals surface area contributed by atoms with Crippen molar-refractivity contribution in [1.82, 2.24) is 9.97 Å². The highest BCUT2D eigenvalue weighted by atomic mass is 32.1. The van der Waals surface area contributed by atoms with Crippen molar-refractivity contribution < 1.29 is 4.79 Å². The van der Waals surface area contributed by atoms with Gasteiger partial charge in [0, 0.05) is 23.0 Å². The molecule has 2 rings (SSSR count). The minimum absolute atomic E-state index is 0.0527. The van der Waals surface area contributed by atoms with Crippen molar-refractivity contribution in [3.8, 4) is 0 Å². The fraction of sp³-hybridized carbons (Fsp3) is 0.357. The van der Waals surface area contributed by atoms with E-state index < -0.39 is 0 Å². The lowest BCUT2D eigenvalue weighted by Gasteiger charge is -2.02. The molecule has 0 bridgehead atoms. The van der Waals surface area contributed by atoms with Crippen LogP contribution < -0.4 is 5.32 Å². The molecule has 0 aliphatic carbocycles. The molecule has 5 heteroatoms. The van der Waals surface area contributed by atoms with E-state index >= 15 is 0 Å². The number of rotatable bonds is 5. The summed E-state index contributed by atoms with van der Waals surface area (Å²) in [6.07, 6.45) is 5.99. The highest BCUT2D eigenvalue weighted by molar-refractivity contribution is 7.15. The molecule has 100 valence electrons. The number of nitrogens with zero attached hydrogens (tertiary/aromatic N) is 2. The molecule has 0 atom stereocenters. The molecule has 0 radical (unpaired) electrons. The SMILES string of the molecule is CCCc1cnc(NC(=O)Cc2ccc(C)nc2)s1. The number of hydrogen-bond donors (Lipinski definition) is 1. The number of amides is 1. The van der Waals surface area contributed by atoms with Gasteiger partial charge in [-0.25, -0.2) is 4.98 Å². The topological polar surface area (TPSA) is 54.9 Å². The molecule has 0 spiro atoms. The quantitative estimate of drug-likeness (QED) is 0.912. The summed E-state index contributed by atoms with van der Waals surface area (Å²) in [5, 5.41) is 3.50. The Kier molecular flexibility index (Phi) is 4.63. The minimum Gasteiger partial charge on any atom is -0.302 e. The average Bonchev–Trinajstić information content (AvgIpc) is 2.80. The van der Waals surface area contributed by atoms with E-state index in [0.29, 0.717) is 11.6 Å². The van der Waals surface area contributed by atoms with E-state index in [4.69, 9.17) is 0 Å². The first-order valence-corrected chi connectivity index (χ1v) is 7.15. The third-order valence-electron chi connectivity index (χ3n) is 2.63. The number of carbonyl (C=O) groups excluding carboxylic acids is 1. The maximum Gasteiger partial charge on any atom is 0.230 e. The van der Waals surface area contributed by atoms with E-state index in [9.17, 15) is 4.79 Å². The first kappa shape index (κ1) is 13.7. The Morgan fingerprint density at radius 2 is 2.16 bits per heavy atom. The fourth-order valence-electron chi connectivity index (χ4n) is 1.68. The molecular formula is C14H17N3OS. The van der Waals surface area contributed by atoms with Gasteiger partial charge in [-0.3, -0.25) is 9.78 Å². The van der Waals surface area contributed by atoms with Gasteiger partial charge in [0.1, 0.15) is 0 Å². The molecule has 0 aliphatic rings. The molecule has 0 aliphatic heterocycles. The second-order valence-electron chi connectivity index (χ2n) is 4.41. The van der Waals surface area contributed by atoms with Gasteiger partial charge in [0.05, 0.1) is 6.42 Å². The molecular weight excluding hydrogens is 258 g/mol. The Hall–Kier alpha value is -1.75. The first-order valence-electron chi connectivity index (χ1n) is 6.33. The fourth-order valence-corrected chi connectivity index (χ4v) is 2.61. The number of nitrogens with one attached hydrogen (secondary N) is 1. The highest BCUT2D eigenvalue weighted by Gasteiger charge is 2.07. The third-order valence-corrected chi connectivity index (χ3v) is 3.61. The predicted molar refractivity (Wildman–Crippen MR) is 77.4 cm³/mol. The van der Waals surface area contributed by atoms with Crippen molar-refractivity contribution in [2.24, 2.45) is 0 Å². The van der Waals surface area contributed by atoms with E-state index in [1.54, 1.807) is 17.5 Å². The molecule has 19 heavy (non-hydrogen) atoms. The van der Waals surface area contributed by atoms with Crippen molar-refractivity contribution in [3.05, 3.63) is 40.7 Å². The van der Waals surface area contributed by atoms with Gasteiger partial charge in [-0.05, 0) is 25.0 Å². The van der Waals surface area contributed by atoms with E-state index in [1.165, 1.54) is 4.88 Å². The molecule has 0 unspecified atom stereocenters. The minimum atomic E-state index is -0.0527. The number of hydrogen-bond acceptors (Lipinski definition) is 4. The van der Waals surface area contributed by atoms with Gasteiger partial charge in [0.2, 0.25) is 5.91 Å². The second kappa shape index (κ2) is 6.43. The van der Waals surface area contributed by atoms with Crippen molar-refractivity contribution in [1.29, 1.82) is 0 Å². The van der Waals surface area contributed by atoms with Crippen molar-refractivity contribution >= 4 is 22.4 Å². The number of thiazole rings is 1. The first-order chi connectivity index (χ1) is 9.17. The number of anilines is 1. The second-order valence-corrected chi connectivity index (χ2v) is 5.53. The predicted octanol–water partition coefficient (Wildman–Crippen LogP) is 2.98. The summed E-state index contributed by atoms with van der Waals surface area (Å²) in [5.41, 5.74) is 1.86. The number of pyridine rings is 1. The number of aryl methyl sites for hydroxylation is 2. The van der Waals surface area contributed by atoms with E-state index in [-0.39, 0.29) is 5.91 Å². The van der Waals surface area contributed by atoms with Gasteiger partial charge >= 0.3 is 0 Å². The molecule has 0 saturated heterocycles. The van der Waals surface area contributed by atoms with Crippen LogP contribution in [-0.2, 0) is 17.6 Å². The van der Waals surface area contributed by atoms with Gasteiger partial charge in [0.25, 0.3) is 0 Å². The lowest BCUT2D eigenvalue weighted by atomic mass is 10.2. The third kappa shape index (κ3) is 4.13. The van der Waals surface area contributed by atoms with E-state index in [0.717, 1.165) is 24.1 Å². The van der Waals surface area contributed by atoms with E-state index in [2.05, 4.69) is 22.2 Å². The van der Waals surface area contributed by atoms with Crippen LogP contribution in [0.4, 0.5) is 5.13 Å². The molecule has 2 aromatic rings. The molecule has 1 amide bonds. The zero-order valence-corrected chi connectivity index (χ0v) is 12.0. The van der Waals surface area contributed by atoms with Crippen molar-refractivity contribution in [3.63, 3.8) is 0 Å². The Balaban J connectivity index is 1.91. The lowest BCUT2D eigenvalue weighted by Crippen LogP contribution is -2.14. The largest absolute Gasteiger partial charge is 0.302 e. The smallest absolute Gasteiger partial charge is 0.230 e. The van der Waals surface area contributed by atoms with Crippen molar-refractivity contribution in [2.45, 2.75) is 33.1 Å². The Morgan fingerprint density at radius 3 is 2.84 bits per heavy atom. The molecule has 1 N–H and O–H groups in total. The van der Waals surface area contributed by atoms with Crippen LogP contribution in [0.1, 0.15) is 29.5 Å². The van der Waals surface area contributed by atoms with Crippen LogP contribution >= 0.6 is 11.3 Å². The van der Waals surface area contributed by atoms with Crippen LogP contribution in [0.3, 0.4) is 0 Å². The summed E-state index contributed by atoms with van der Waals surface area (Å²) in [6, 6.07) is 3.83. The van der Waals surface area contributed by atoms with Crippen molar-refractivity contribution in [2.75, 3.05) is 5.32 Å². The average molecular weight is 275 g/mol. The highest BCUT2D eigenvalue weighted by Crippen LogP contribution is 2.19. The molecule has 0 aromatic carbocycles. The monoisotopic (exact) mass is 275 g/mol. The number of carbonyl (C=O) groups is 1. The maximum absolute atomic E-state index is 11.9. The van der Waals surface area contributed by atoms with Gasteiger partial charge in [-0.2, -0.15) is 0 Å². The van der Waals surface area contributed by atoms with Gasteiger partial charge < -0.3 is 5.32 Å². The Morgan fingerprint density at radius 1 is 1.32 bits per heavy atom. The molecule has 0 saturated carbocycles. The lowest BCUT2D eigenvalue weighted by molar-refractivity contribution is -0.115. The van der Waals surface area contributed by atoms with E-state index in [1.807, 2.05) is 25.3 Å². The summed E-state index contributed by atoms with van der Waals surface area (Å²) in [6.45, 7) is 4.05. The molecule has 2 heterocycles. The van der Waals surface area contributed by atoms with Gasteiger partial charge in [-0.15, -0.1) is 11.3 Å². The van der Waals surface area contributed by atoms with Gasteiger partial charge in [-0.1, -0.05) is 19.4 Å². The standard InChI is InChI=1S/C14H17N3OS/c1-3-4-12-9-16-14(19-12)17-13(18)7-11-6-5-10(2)15-8-11/h5-6,8-9H,3-4,7H2,1-2H3,(H,16,17,18). The van der Waals surface area contributed by atoms with Crippen LogP contribution in [0.25, 0.3) is 0 Å². The zero-order chi connectivity index (χ0) is 13.7. The number of aromatic nitrogens is 2. The van der Waals surface area contributed by atoms with Crippen LogP contribution in [-0.4, -0.2) is 15.9 Å². The Labute approximate surface area is 116 Å².